The van der Waals surface area contributed by atoms with Gasteiger partial charge in [-0.1, -0.05) is 23.9 Å². The molecule has 0 bridgehead atoms. The van der Waals surface area contributed by atoms with E-state index in [-0.39, 0.29) is 24.1 Å². The number of thioether (sulfide) groups is 1. The molecule has 2 aliphatic rings. The molecule has 2 aliphatic heterocycles. The van der Waals surface area contributed by atoms with Crippen LogP contribution in [0, 0.1) is 17.1 Å². The minimum Gasteiger partial charge on any atom is -0.465 e. The second-order valence-electron chi connectivity index (χ2n) is 6.95. The van der Waals surface area contributed by atoms with Gasteiger partial charge in [0.1, 0.15) is 5.82 Å². The van der Waals surface area contributed by atoms with Crippen LogP contribution in [0.5, 0.6) is 0 Å². The third kappa shape index (κ3) is 3.64. The number of carbonyl (C=O) groups is 2. The number of benzene rings is 2. The minimum absolute atomic E-state index is 0.0818. The van der Waals surface area contributed by atoms with Gasteiger partial charge in [0.05, 0.1) is 41.9 Å². The van der Waals surface area contributed by atoms with Crippen molar-refractivity contribution in [2.24, 2.45) is 0 Å². The van der Waals surface area contributed by atoms with E-state index < -0.39 is 5.97 Å². The summed E-state index contributed by atoms with van der Waals surface area (Å²) in [5.74, 6) is -0.654. The summed E-state index contributed by atoms with van der Waals surface area (Å²) in [6.45, 7) is 0.319. The third-order valence-corrected chi connectivity index (χ3v) is 6.37. The van der Waals surface area contributed by atoms with Crippen LogP contribution in [0.4, 0.5) is 10.1 Å². The number of anilines is 1. The number of allylic oxidation sites excluding steroid dienone is 1. The van der Waals surface area contributed by atoms with E-state index in [1.807, 2.05) is 17.0 Å². The number of methoxy groups -OCH3 is 1. The smallest absolute Gasteiger partial charge is 0.337 e. The van der Waals surface area contributed by atoms with Gasteiger partial charge in [-0.2, -0.15) is 5.26 Å². The van der Waals surface area contributed by atoms with Gasteiger partial charge in [0, 0.05) is 18.0 Å². The van der Waals surface area contributed by atoms with Crippen LogP contribution in [-0.4, -0.2) is 36.4 Å². The van der Waals surface area contributed by atoms with Crippen molar-refractivity contribution >= 4 is 29.3 Å². The Bertz CT molecular complexity index is 1060. The Morgan fingerprint density at radius 1 is 1.20 bits per heavy atom. The topological polar surface area (TPSA) is 73.6 Å². The van der Waals surface area contributed by atoms with Gasteiger partial charge in [0.2, 0.25) is 5.91 Å². The molecular weight excluding hydrogens is 405 g/mol. The highest BCUT2D eigenvalue weighted by Crippen LogP contribution is 2.43. The third-order valence-electron chi connectivity index (χ3n) is 5.22. The first-order valence-electron chi connectivity index (χ1n) is 9.28. The van der Waals surface area contributed by atoms with Gasteiger partial charge in [-0.15, -0.1) is 0 Å². The predicted molar refractivity (Wildman–Crippen MR) is 111 cm³/mol. The quantitative estimate of drug-likeness (QED) is 0.699. The average molecular weight is 423 g/mol. The van der Waals surface area contributed by atoms with Crippen LogP contribution in [0.3, 0.4) is 0 Å². The summed E-state index contributed by atoms with van der Waals surface area (Å²) in [5.41, 5.74) is 2.61. The molecule has 30 heavy (non-hydrogen) atoms. The second kappa shape index (κ2) is 8.20. The Morgan fingerprint density at radius 3 is 2.53 bits per heavy atom. The Kier molecular flexibility index (Phi) is 5.46. The number of esters is 1. The Labute approximate surface area is 177 Å². The summed E-state index contributed by atoms with van der Waals surface area (Å²) in [6.07, 6.45) is 0.160. The zero-order chi connectivity index (χ0) is 21.3. The zero-order valence-electron chi connectivity index (χ0n) is 16.2. The number of carbonyl (C=O) groups excluding carboxylic acids is 2. The van der Waals surface area contributed by atoms with Gasteiger partial charge in [0.15, 0.2) is 0 Å². The van der Waals surface area contributed by atoms with E-state index in [2.05, 4.69) is 6.07 Å². The van der Waals surface area contributed by atoms with Crippen molar-refractivity contribution in [1.82, 2.24) is 4.90 Å². The van der Waals surface area contributed by atoms with Crippen LogP contribution < -0.4 is 4.90 Å². The molecule has 8 heteroatoms. The monoisotopic (exact) mass is 423 g/mol. The minimum atomic E-state index is -0.406. The molecule has 0 N–H and O–H groups in total. The van der Waals surface area contributed by atoms with E-state index in [0.29, 0.717) is 28.7 Å². The maximum absolute atomic E-state index is 13.3. The van der Waals surface area contributed by atoms with Gasteiger partial charge in [-0.05, 0) is 42.0 Å². The summed E-state index contributed by atoms with van der Waals surface area (Å²) in [5, 5.41) is 10.5. The van der Waals surface area contributed by atoms with Crippen molar-refractivity contribution in [3.05, 3.63) is 76.1 Å². The number of ether oxygens (including phenoxy) is 1. The van der Waals surface area contributed by atoms with Crippen molar-refractivity contribution in [2.45, 2.75) is 12.3 Å². The average Bonchev–Trinajstić information content (AvgIpc) is 2.79. The van der Waals surface area contributed by atoms with Crippen LogP contribution in [0.2, 0.25) is 0 Å². The summed E-state index contributed by atoms with van der Waals surface area (Å²) in [4.78, 5) is 28.2. The predicted octanol–water partition coefficient (Wildman–Crippen LogP) is 3.83. The lowest BCUT2D eigenvalue weighted by atomic mass is 9.86. The number of rotatable bonds is 3. The van der Waals surface area contributed by atoms with Gasteiger partial charge in [0.25, 0.3) is 0 Å². The van der Waals surface area contributed by atoms with Gasteiger partial charge in [-0.3, -0.25) is 9.69 Å². The molecule has 152 valence electrons. The summed E-state index contributed by atoms with van der Waals surface area (Å²) in [6, 6.07) is 15.2. The second-order valence-corrected chi connectivity index (χ2v) is 7.89. The lowest BCUT2D eigenvalue weighted by Gasteiger charge is -2.42. The molecule has 2 heterocycles. The molecule has 1 atom stereocenters. The Morgan fingerprint density at radius 2 is 1.90 bits per heavy atom. The number of halogens is 1. The van der Waals surface area contributed by atoms with Crippen LogP contribution in [0.1, 0.15) is 28.3 Å². The number of hydrogen-bond acceptors (Lipinski definition) is 6. The summed E-state index contributed by atoms with van der Waals surface area (Å²) in [7, 11) is 1.33. The molecular formula is C22H18FN3O3S. The Balaban J connectivity index is 1.59. The maximum atomic E-state index is 13.3. The summed E-state index contributed by atoms with van der Waals surface area (Å²) < 4.78 is 18.0. The van der Waals surface area contributed by atoms with Crippen LogP contribution in [0.25, 0.3) is 0 Å². The van der Waals surface area contributed by atoms with Crippen molar-refractivity contribution in [1.29, 1.82) is 5.26 Å². The molecule has 1 fully saturated rings. The number of amides is 1. The first-order valence-corrected chi connectivity index (χ1v) is 10.3. The molecule has 0 aromatic heterocycles. The van der Waals surface area contributed by atoms with Gasteiger partial charge in [-0.25, -0.2) is 9.18 Å². The van der Waals surface area contributed by atoms with Crippen LogP contribution in [0.15, 0.2) is 59.1 Å². The molecule has 6 nitrogen and oxygen atoms in total. The summed E-state index contributed by atoms with van der Waals surface area (Å²) >= 11 is 1.43. The number of fused-ring (bicyclic) bond motifs is 1. The number of nitriles is 1. The first kappa shape index (κ1) is 20.0. The molecule has 2 aromatic rings. The standard InChI is InChI=1S/C22H18FN3O3S/c1-29-22(28)15-4-8-17(9-5-15)25-12-26-20(27)10-18(14-2-6-16(23)7-3-14)19(11-24)21(26)30-13-25/h2-9,18H,10,12-13H2,1H3. The van der Waals surface area contributed by atoms with Crippen LogP contribution >= 0.6 is 11.8 Å². The molecule has 2 aromatic carbocycles. The zero-order valence-corrected chi connectivity index (χ0v) is 17.0. The van der Waals surface area contributed by atoms with Gasteiger partial charge < -0.3 is 9.64 Å². The van der Waals surface area contributed by atoms with E-state index in [1.54, 1.807) is 29.2 Å². The fourth-order valence-corrected chi connectivity index (χ4v) is 4.80. The fraction of sp³-hybridized carbons (Fsp3) is 0.227. The molecule has 0 aliphatic carbocycles. The van der Waals surface area contributed by atoms with E-state index in [9.17, 15) is 19.2 Å². The molecule has 1 amide bonds. The normalized spacial score (nSPS) is 18.7. The fourth-order valence-electron chi connectivity index (χ4n) is 3.63. The largest absolute Gasteiger partial charge is 0.465 e. The molecule has 4 rings (SSSR count). The number of hydrogen-bond donors (Lipinski definition) is 0. The molecule has 0 spiro atoms. The maximum Gasteiger partial charge on any atom is 0.337 e. The highest BCUT2D eigenvalue weighted by atomic mass is 32.2. The van der Waals surface area contributed by atoms with Crippen molar-refractivity contribution < 1.29 is 18.7 Å². The van der Waals surface area contributed by atoms with Crippen molar-refractivity contribution in [3.8, 4) is 6.07 Å². The van der Waals surface area contributed by atoms with E-state index in [0.717, 1.165) is 11.3 Å². The lowest BCUT2D eigenvalue weighted by Crippen LogP contribution is -2.47. The van der Waals surface area contributed by atoms with E-state index >= 15 is 0 Å². The number of nitrogens with zero attached hydrogens (tertiary/aromatic N) is 3. The highest BCUT2D eigenvalue weighted by Gasteiger charge is 2.38. The first-order chi connectivity index (χ1) is 14.5. The molecule has 0 saturated carbocycles. The highest BCUT2D eigenvalue weighted by molar-refractivity contribution is 8.03. The SMILES string of the molecule is COC(=O)c1ccc(N2CSC3=C(C#N)C(c4ccc(F)cc4)CC(=O)N3C2)cc1. The molecule has 1 saturated heterocycles. The van der Waals surface area contributed by atoms with Crippen LogP contribution in [-0.2, 0) is 9.53 Å². The van der Waals surface area contributed by atoms with Gasteiger partial charge >= 0.3 is 5.97 Å². The van der Waals surface area contributed by atoms with E-state index in [1.165, 1.54) is 31.0 Å². The van der Waals surface area contributed by atoms with Crippen molar-refractivity contribution in [2.75, 3.05) is 24.6 Å². The molecule has 0 radical (unpaired) electrons. The lowest BCUT2D eigenvalue weighted by molar-refractivity contribution is -0.129. The van der Waals surface area contributed by atoms with E-state index in [4.69, 9.17) is 4.74 Å². The Hall–Kier alpha value is -3.31. The molecule has 1 unspecified atom stereocenters. The van der Waals surface area contributed by atoms with Crippen molar-refractivity contribution in [3.63, 3.8) is 0 Å².